The first-order valence-electron chi connectivity index (χ1n) is 30.8. The van der Waals surface area contributed by atoms with Crippen LogP contribution in [0.3, 0.4) is 0 Å². The van der Waals surface area contributed by atoms with Gasteiger partial charge in [-0.2, -0.15) is 9.97 Å². The normalized spacial score (nSPS) is 14.3. The molecule has 0 radical (unpaired) electrons. The molecule has 0 fully saturated rings. The largest absolute Gasteiger partial charge is 0.307 e. The maximum atomic E-state index is 5.42. The van der Waals surface area contributed by atoms with Crippen molar-refractivity contribution in [1.82, 2.24) is 28.7 Å². The van der Waals surface area contributed by atoms with Gasteiger partial charge in [-0.15, -0.1) is 0 Å². The number of para-hydroxylation sites is 4. The average molecular weight is 1150 g/mol. The zero-order chi connectivity index (χ0) is 60.2. The van der Waals surface area contributed by atoms with E-state index in [9.17, 15) is 0 Å². The zero-order valence-electron chi connectivity index (χ0n) is 50.5. The molecule has 1 aliphatic rings. The van der Waals surface area contributed by atoms with E-state index in [0.717, 1.165) is 90.7 Å². The zero-order valence-corrected chi connectivity index (χ0v) is 50.5. The van der Waals surface area contributed by atoms with Crippen molar-refractivity contribution in [3.8, 4) is 45.5 Å². The Morgan fingerprint density at radius 3 is 1.45 bits per heavy atom. The molecule has 0 bridgehead atoms. The molecule has 8 heteroatoms. The van der Waals surface area contributed by atoms with Gasteiger partial charge in [0.1, 0.15) is 5.84 Å². The second kappa shape index (κ2) is 22.6. The van der Waals surface area contributed by atoms with Crippen molar-refractivity contribution in [2.75, 3.05) is 0 Å². The van der Waals surface area contributed by atoms with E-state index in [2.05, 4.69) is 255 Å². The van der Waals surface area contributed by atoms with Crippen LogP contribution in [-0.2, 0) is 5.41 Å². The van der Waals surface area contributed by atoms with Gasteiger partial charge in [0, 0.05) is 65.7 Å². The molecule has 0 N–H and O–H groups in total. The van der Waals surface area contributed by atoms with Crippen molar-refractivity contribution < 1.29 is 0 Å². The maximum Gasteiger partial charge on any atom is 0.238 e. The van der Waals surface area contributed by atoms with Crippen LogP contribution in [0.2, 0.25) is 0 Å². The number of benzene rings is 11. The third-order valence-corrected chi connectivity index (χ3v) is 18.1. The lowest BCUT2D eigenvalue weighted by Crippen LogP contribution is -2.21. The summed E-state index contributed by atoms with van der Waals surface area (Å²) in [6, 6.07) is 95.7. The van der Waals surface area contributed by atoms with E-state index >= 15 is 0 Å². The SMILES string of the molecule is CC/C(C)=C(/N=C(N=C(C)n1c2ccccc2c2ccc3c(c21)C(C)(CC)c1ccccc1-3)c1ccccc1)c1ccccc1.c1ccc(-c2nc(-c3ccccc3)nc(-n3c4ccccc4c4ccc5c6ccccc6n(-c6ccccc6)c5c43)n2)cc1. The monoisotopic (exact) mass is 1150 g/mol. The van der Waals surface area contributed by atoms with Crippen molar-refractivity contribution in [3.05, 3.63) is 301 Å². The van der Waals surface area contributed by atoms with Crippen molar-refractivity contribution in [2.45, 2.75) is 52.9 Å². The van der Waals surface area contributed by atoms with Gasteiger partial charge in [-0.3, -0.25) is 9.13 Å². The fourth-order valence-corrected chi connectivity index (χ4v) is 13.5. The molecule has 15 aromatic rings. The summed E-state index contributed by atoms with van der Waals surface area (Å²) >= 11 is 0. The molecule has 89 heavy (non-hydrogen) atoms. The Morgan fingerprint density at radius 1 is 0.404 bits per heavy atom. The number of rotatable bonds is 9. The molecule has 0 amide bonds. The number of hydrogen-bond acceptors (Lipinski definition) is 4. The summed E-state index contributed by atoms with van der Waals surface area (Å²) < 4.78 is 6.99. The minimum Gasteiger partial charge on any atom is -0.307 e. The number of nitrogens with zero attached hydrogens (tertiary/aromatic N) is 8. The Kier molecular flexibility index (Phi) is 13.9. The van der Waals surface area contributed by atoms with Crippen LogP contribution in [0.5, 0.6) is 0 Å². The van der Waals surface area contributed by atoms with Crippen molar-refractivity contribution in [2.24, 2.45) is 9.98 Å². The summed E-state index contributed by atoms with van der Waals surface area (Å²) in [5.74, 6) is 3.46. The minimum atomic E-state index is -0.115. The van der Waals surface area contributed by atoms with E-state index in [1.54, 1.807) is 0 Å². The molecule has 1 atom stereocenters. The number of fused-ring (bicyclic) bond motifs is 14. The fourth-order valence-electron chi connectivity index (χ4n) is 13.5. The number of hydrogen-bond donors (Lipinski definition) is 0. The first-order chi connectivity index (χ1) is 43.8. The summed E-state index contributed by atoms with van der Waals surface area (Å²) in [5.41, 5.74) is 19.4. The Bertz CT molecular complexity index is 5230. The van der Waals surface area contributed by atoms with Crippen LogP contribution in [0.15, 0.2) is 289 Å². The molecule has 0 saturated heterocycles. The van der Waals surface area contributed by atoms with Gasteiger partial charge < -0.3 is 4.57 Å². The van der Waals surface area contributed by atoms with E-state index in [4.69, 9.17) is 24.9 Å². The molecule has 16 rings (SSSR count). The first kappa shape index (κ1) is 54.6. The van der Waals surface area contributed by atoms with E-state index in [-0.39, 0.29) is 5.41 Å². The molecule has 4 aromatic heterocycles. The topological polar surface area (TPSA) is 78.2 Å². The van der Waals surface area contributed by atoms with Gasteiger partial charge in [0.05, 0.1) is 38.8 Å². The van der Waals surface area contributed by atoms with Crippen LogP contribution < -0.4 is 0 Å². The molecule has 11 aromatic carbocycles. The lowest BCUT2D eigenvalue weighted by molar-refractivity contribution is 0.567. The maximum absolute atomic E-state index is 5.42. The van der Waals surface area contributed by atoms with Crippen LogP contribution in [0.1, 0.15) is 69.7 Å². The molecule has 0 spiro atoms. The lowest BCUT2D eigenvalue weighted by Gasteiger charge is -2.27. The van der Waals surface area contributed by atoms with Crippen LogP contribution in [0, 0.1) is 0 Å². The molecule has 428 valence electrons. The Morgan fingerprint density at radius 2 is 0.865 bits per heavy atom. The second-order valence-electron chi connectivity index (χ2n) is 23.2. The molecule has 0 saturated carbocycles. The molecule has 1 unspecified atom stereocenters. The number of aliphatic imine (C=N–C) groups is 2. The second-order valence-corrected chi connectivity index (χ2v) is 23.2. The third-order valence-electron chi connectivity index (χ3n) is 18.1. The molecule has 1 aliphatic carbocycles. The Balaban J connectivity index is 0.000000149. The average Bonchev–Trinajstić information content (AvgIpc) is 1.56. The summed E-state index contributed by atoms with van der Waals surface area (Å²) in [5, 5.41) is 7.19. The van der Waals surface area contributed by atoms with Crippen molar-refractivity contribution in [3.63, 3.8) is 0 Å². The van der Waals surface area contributed by atoms with Crippen LogP contribution >= 0.6 is 0 Å². The standard InChI is InChI=1S/C42H39N3.C39H25N5/c1-6-28(3)39(30-18-10-8-11-19-30)44-41(31-20-12-9-13-21-31)43-29(4)45-37-25-17-15-23-33(37)35-27-26-34-32-22-14-16-24-36(32)42(5,7-2)38(34)40(35)45;1-4-14-26(15-5-1)37-40-38(27-16-6-2-7-17-27)42-39(41-37)44-34-23-13-11-21-30(34)32-25-24-31-29-20-10-12-22-33(29)43(35(31)36(32)44)28-18-8-3-9-19-28/h8-27H,6-7H2,1-5H3;1-25H/b39-28+,43-29?,44-41?;. The molecule has 4 heterocycles. The molecule has 0 aliphatic heterocycles. The van der Waals surface area contributed by atoms with E-state index in [1.165, 1.54) is 54.9 Å². The van der Waals surface area contributed by atoms with Crippen LogP contribution in [-0.4, -0.2) is 40.3 Å². The predicted octanol–water partition coefficient (Wildman–Crippen LogP) is 20.4. The van der Waals surface area contributed by atoms with E-state index in [1.807, 2.05) is 66.7 Å². The minimum absolute atomic E-state index is 0.115. The number of amidine groups is 1. The fraction of sp³-hybridized carbons (Fsp3) is 0.0988. The van der Waals surface area contributed by atoms with Crippen LogP contribution in [0.4, 0.5) is 0 Å². The highest BCUT2D eigenvalue weighted by Gasteiger charge is 2.41. The molecule has 8 nitrogen and oxygen atoms in total. The lowest BCUT2D eigenvalue weighted by atomic mass is 9.77. The number of aromatic nitrogens is 6. The molecular weight excluding hydrogens is 1080 g/mol. The van der Waals surface area contributed by atoms with E-state index < -0.39 is 0 Å². The van der Waals surface area contributed by atoms with Gasteiger partial charge in [-0.1, -0.05) is 263 Å². The Labute approximate surface area is 517 Å². The smallest absolute Gasteiger partial charge is 0.238 e. The summed E-state index contributed by atoms with van der Waals surface area (Å²) in [6.07, 6.45) is 1.92. The predicted molar refractivity (Wildman–Crippen MR) is 372 cm³/mol. The van der Waals surface area contributed by atoms with E-state index in [0.29, 0.717) is 23.4 Å². The van der Waals surface area contributed by atoms with Gasteiger partial charge in [-0.05, 0) is 84.8 Å². The number of allylic oxidation sites excluding steroid dienone is 1. The summed E-state index contributed by atoms with van der Waals surface area (Å²) in [7, 11) is 0. The van der Waals surface area contributed by atoms with Gasteiger partial charge in [0.25, 0.3) is 0 Å². The third kappa shape index (κ3) is 9.26. The summed E-state index contributed by atoms with van der Waals surface area (Å²) in [4.78, 5) is 26.1. The van der Waals surface area contributed by atoms with Crippen molar-refractivity contribution >= 4 is 82.8 Å². The highest BCUT2D eigenvalue weighted by molar-refractivity contribution is 6.24. The van der Waals surface area contributed by atoms with Crippen LogP contribution in [0.25, 0.3) is 117 Å². The Hall–Kier alpha value is -11.1. The van der Waals surface area contributed by atoms with Gasteiger partial charge in [-0.25, -0.2) is 15.0 Å². The van der Waals surface area contributed by atoms with Crippen molar-refractivity contribution in [1.29, 1.82) is 0 Å². The quantitative estimate of drug-likeness (QED) is 0.107. The highest BCUT2D eigenvalue weighted by Crippen LogP contribution is 2.54. The molecular formula is C81H64N8. The first-order valence-corrected chi connectivity index (χ1v) is 30.8. The van der Waals surface area contributed by atoms with Gasteiger partial charge >= 0.3 is 0 Å². The summed E-state index contributed by atoms with van der Waals surface area (Å²) in [6.45, 7) is 11.2. The van der Waals surface area contributed by atoms with Gasteiger partial charge in [0.2, 0.25) is 5.95 Å². The highest BCUT2D eigenvalue weighted by atomic mass is 15.2. The van der Waals surface area contributed by atoms with Gasteiger partial charge in [0.15, 0.2) is 17.5 Å².